The van der Waals surface area contributed by atoms with Gasteiger partial charge in [-0.25, -0.2) is 0 Å². The molecular weight excluding hydrogens is 180 g/mol. The first-order valence-electron chi connectivity index (χ1n) is 4.14. The van der Waals surface area contributed by atoms with Gasteiger partial charge in [-0.2, -0.15) is 0 Å². The molecule has 14 heavy (non-hydrogen) atoms. The van der Waals surface area contributed by atoms with Gasteiger partial charge in [-0.05, 0) is 23.8 Å². The van der Waals surface area contributed by atoms with Crippen molar-refractivity contribution in [2.45, 2.75) is 0 Å². The Morgan fingerprint density at radius 1 is 1.21 bits per heavy atom. The molecule has 6 N–H and O–H groups in total. The molecule has 0 aliphatic rings. The largest absolute Gasteiger partial charge is 0.399 e. The van der Waals surface area contributed by atoms with Crippen molar-refractivity contribution in [2.75, 3.05) is 24.7 Å². The first-order chi connectivity index (χ1) is 6.65. The van der Waals surface area contributed by atoms with E-state index in [1.165, 1.54) is 0 Å². The molecule has 0 saturated carbocycles. The van der Waals surface area contributed by atoms with Crippen LogP contribution in [-0.2, 0) is 0 Å². The highest BCUT2D eigenvalue weighted by atomic mass is 16.3. The third-order valence-electron chi connectivity index (χ3n) is 1.43. The van der Waals surface area contributed by atoms with Crippen molar-refractivity contribution in [2.24, 2.45) is 0 Å². The van der Waals surface area contributed by atoms with E-state index >= 15 is 0 Å². The molecule has 0 aromatic heterocycles. The zero-order valence-electron chi connectivity index (χ0n) is 7.98. The number of benzene rings is 1. The number of hydrogen-bond acceptors (Lipinski definition) is 4. The highest BCUT2D eigenvalue weighted by Crippen LogP contribution is 2.15. The van der Waals surface area contributed by atoms with Crippen LogP contribution in [0.2, 0.25) is 0 Å². The summed E-state index contributed by atoms with van der Waals surface area (Å²) in [5.41, 5.74) is 13.4. The lowest BCUT2D eigenvalue weighted by Gasteiger charge is -1.99. The van der Waals surface area contributed by atoms with Gasteiger partial charge < -0.3 is 21.7 Å². The summed E-state index contributed by atoms with van der Waals surface area (Å²) >= 11 is 0. The minimum Gasteiger partial charge on any atom is -0.399 e. The Hall–Kier alpha value is -1.52. The summed E-state index contributed by atoms with van der Waals surface area (Å²) in [7, 11) is 0. The minimum absolute atomic E-state index is 0.125. The van der Waals surface area contributed by atoms with Crippen LogP contribution in [0.4, 0.5) is 11.4 Å². The molecule has 0 radical (unpaired) electrons. The van der Waals surface area contributed by atoms with E-state index in [2.05, 4.69) is 6.58 Å². The fraction of sp³-hybridized carbons (Fsp3) is 0.200. The van der Waals surface area contributed by atoms with Crippen LogP contribution in [-0.4, -0.2) is 23.4 Å². The Bertz CT molecular complexity index is 285. The summed E-state index contributed by atoms with van der Waals surface area (Å²) in [6.45, 7) is 3.35. The highest BCUT2D eigenvalue weighted by molar-refractivity contribution is 5.67. The van der Waals surface area contributed by atoms with Gasteiger partial charge in [0, 0.05) is 11.4 Å². The number of aliphatic hydroxyl groups excluding tert-OH is 2. The quantitative estimate of drug-likeness (QED) is 0.517. The van der Waals surface area contributed by atoms with Crippen molar-refractivity contribution < 1.29 is 10.2 Å². The smallest absolute Gasteiger partial charge is 0.0662 e. The normalized spacial score (nSPS) is 8.71. The van der Waals surface area contributed by atoms with Gasteiger partial charge in [0.05, 0.1) is 13.2 Å². The van der Waals surface area contributed by atoms with Gasteiger partial charge in [0.25, 0.3) is 0 Å². The Kier molecular flexibility index (Phi) is 6.19. The second-order valence-electron chi connectivity index (χ2n) is 2.54. The molecule has 0 fully saturated rings. The third kappa shape index (κ3) is 4.49. The summed E-state index contributed by atoms with van der Waals surface area (Å²) in [6.07, 6.45) is 1.69. The van der Waals surface area contributed by atoms with Gasteiger partial charge in [0.15, 0.2) is 0 Å². The first kappa shape index (κ1) is 12.5. The molecule has 78 valence electrons. The maximum absolute atomic E-state index is 7.62. The van der Waals surface area contributed by atoms with Gasteiger partial charge >= 0.3 is 0 Å². The van der Waals surface area contributed by atoms with Crippen LogP contribution in [0.15, 0.2) is 24.8 Å². The van der Waals surface area contributed by atoms with Crippen LogP contribution < -0.4 is 11.5 Å². The molecule has 4 nitrogen and oxygen atoms in total. The molecule has 0 heterocycles. The molecule has 1 rings (SSSR count). The zero-order chi connectivity index (χ0) is 11.0. The Morgan fingerprint density at radius 3 is 2.14 bits per heavy atom. The summed E-state index contributed by atoms with van der Waals surface area (Å²) in [6, 6.07) is 5.33. The maximum Gasteiger partial charge on any atom is 0.0662 e. The van der Waals surface area contributed by atoms with E-state index in [4.69, 9.17) is 21.7 Å². The predicted octanol–water partition coefficient (Wildman–Crippen LogP) is 0.465. The number of nitrogen functional groups attached to an aromatic ring is 2. The lowest BCUT2D eigenvalue weighted by Crippen LogP contribution is -1.91. The van der Waals surface area contributed by atoms with Crippen molar-refractivity contribution >= 4 is 17.5 Å². The fourth-order valence-corrected chi connectivity index (χ4v) is 0.770. The Labute approximate surface area is 83.5 Å². The van der Waals surface area contributed by atoms with Crippen LogP contribution in [0.5, 0.6) is 0 Å². The van der Waals surface area contributed by atoms with Crippen molar-refractivity contribution in [3.8, 4) is 0 Å². The monoisotopic (exact) mass is 196 g/mol. The molecule has 0 unspecified atom stereocenters. The van der Waals surface area contributed by atoms with Crippen molar-refractivity contribution in [1.29, 1.82) is 0 Å². The number of nitrogens with two attached hydrogens (primary N) is 2. The standard InChI is InChI=1S/C8H10N2.C2H6O2/c1-2-6-5-7(9)3-4-8(6)10;3-1-2-4/h2-5H,1,9-10H2;3-4H,1-2H2. The number of anilines is 2. The van der Waals surface area contributed by atoms with Crippen LogP contribution in [0.25, 0.3) is 6.08 Å². The Morgan fingerprint density at radius 2 is 1.79 bits per heavy atom. The molecule has 0 saturated heterocycles. The van der Waals surface area contributed by atoms with Gasteiger partial charge in [-0.1, -0.05) is 12.7 Å². The SMILES string of the molecule is C=Cc1cc(N)ccc1N.OCCO. The molecule has 0 spiro atoms. The van der Waals surface area contributed by atoms with Crippen molar-refractivity contribution in [1.82, 2.24) is 0 Å². The van der Waals surface area contributed by atoms with Gasteiger partial charge in [-0.3, -0.25) is 0 Å². The summed E-state index contributed by atoms with van der Waals surface area (Å²) in [5, 5.41) is 15.2. The van der Waals surface area contributed by atoms with Gasteiger partial charge in [0.2, 0.25) is 0 Å². The first-order valence-corrected chi connectivity index (χ1v) is 4.14. The molecule has 0 aliphatic carbocycles. The second kappa shape index (κ2) is 6.94. The van der Waals surface area contributed by atoms with Gasteiger partial charge in [0.1, 0.15) is 0 Å². The van der Waals surface area contributed by atoms with Crippen LogP contribution >= 0.6 is 0 Å². The summed E-state index contributed by atoms with van der Waals surface area (Å²) in [5.74, 6) is 0. The predicted molar refractivity (Wildman–Crippen MR) is 59.5 cm³/mol. The molecule has 1 aromatic rings. The summed E-state index contributed by atoms with van der Waals surface area (Å²) < 4.78 is 0. The average Bonchev–Trinajstić information content (AvgIpc) is 2.22. The highest BCUT2D eigenvalue weighted by Gasteiger charge is 1.92. The molecule has 0 amide bonds. The third-order valence-corrected chi connectivity index (χ3v) is 1.43. The molecular formula is C10H16N2O2. The minimum atomic E-state index is -0.125. The number of hydrogen-bond donors (Lipinski definition) is 4. The van der Waals surface area contributed by atoms with Crippen LogP contribution in [0.1, 0.15) is 5.56 Å². The lowest BCUT2D eigenvalue weighted by atomic mass is 10.1. The lowest BCUT2D eigenvalue weighted by molar-refractivity contribution is 0.186. The van der Waals surface area contributed by atoms with Crippen molar-refractivity contribution in [3.05, 3.63) is 30.3 Å². The van der Waals surface area contributed by atoms with Crippen LogP contribution in [0, 0.1) is 0 Å². The van der Waals surface area contributed by atoms with E-state index in [1.54, 1.807) is 24.3 Å². The number of aliphatic hydroxyl groups is 2. The molecule has 1 aromatic carbocycles. The maximum atomic E-state index is 7.62. The Balaban J connectivity index is 0.000000364. The number of rotatable bonds is 2. The van der Waals surface area contributed by atoms with E-state index in [-0.39, 0.29) is 13.2 Å². The molecule has 0 atom stereocenters. The van der Waals surface area contributed by atoms with E-state index in [0.717, 1.165) is 5.56 Å². The van der Waals surface area contributed by atoms with Crippen LogP contribution in [0.3, 0.4) is 0 Å². The van der Waals surface area contributed by atoms with E-state index in [9.17, 15) is 0 Å². The molecule has 0 bridgehead atoms. The van der Waals surface area contributed by atoms with Gasteiger partial charge in [-0.15, -0.1) is 0 Å². The average molecular weight is 196 g/mol. The molecule has 0 aliphatic heterocycles. The van der Waals surface area contributed by atoms with E-state index in [0.29, 0.717) is 11.4 Å². The molecule has 4 heteroatoms. The zero-order valence-corrected chi connectivity index (χ0v) is 7.98. The topological polar surface area (TPSA) is 92.5 Å². The summed E-state index contributed by atoms with van der Waals surface area (Å²) in [4.78, 5) is 0. The van der Waals surface area contributed by atoms with E-state index in [1.807, 2.05) is 0 Å². The second-order valence-corrected chi connectivity index (χ2v) is 2.54. The van der Waals surface area contributed by atoms with Crippen molar-refractivity contribution in [3.63, 3.8) is 0 Å². The fourth-order valence-electron chi connectivity index (χ4n) is 0.770. The van der Waals surface area contributed by atoms with E-state index < -0.39 is 0 Å².